The molecule has 2 aliphatic rings. The van der Waals surface area contributed by atoms with Crippen molar-refractivity contribution in [2.45, 2.75) is 12.5 Å². The molecule has 1 aromatic rings. The lowest BCUT2D eigenvalue weighted by Gasteiger charge is -2.29. The number of nitrogens with one attached hydrogen (secondary N) is 1. The Morgan fingerprint density at radius 1 is 1.21 bits per heavy atom. The lowest BCUT2D eigenvalue weighted by atomic mass is 9.99. The Hall–Kier alpha value is -0.910. The van der Waals surface area contributed by atoms with Crippen LogP contribution in [-0.4, -0.2) is 39.6 Å². The fourth-order valence-corrected chi connectivity index (χ4v) is 4.57. The van der Waals surface area contributed by atoms with E-state index >= 15 is 0 Å². The quantitative estimate of drug-likeness (QED) is 0.892. The maximum Gasteiger partial charge on any atom is 0.153 e. The van der Waals surface area contributed by atoms with E-state index in [1.54, 1.807) is 0 Å². The van der Waals surface area contributed by atoms with Gasteiger partial charge in [-0.3, -0.25) is 0 Å². The smallest absolute Gasteiger partial charge is 0.153 e. The topological polar surface area (TPSA) is 55.4 Å². The molecule has 1 N–H and O–H groups in total. The molecule has 0 amide bonds. The minimum atomic E-state index is -3.05. The molecule has 5 heteroatoms. The molecule has 0 aliphatic carbocycles. The first-order valence-corrected chi connectivity index (χ1v) is 8.57. The molecule has 4 nitrogen and oxygen atoms in total. The number of rotatable bonds is 4. The van der Waals surface area contributed by atoms with Gasteiger partial charge >= 0.3 is 0 Å². The molecule has 0 saturated carbocycles. The van der Waals surface area contributed by atoms with Crippen LogP contribution >= 0.6 is 0 Å². The Bertz CT molecular complexity index is 552. The normalized spacial score (nSPS) is 23.7. The summed E-state index contributed by atoms with van der Waals surface area (Å²) in [5, 5.41) is 3.11. The van der Waals surface area contributed by atoms with Crippen molar-refractivity contribution in [2.24, 2.45) is 5.92 Å². The molecule has 3 rings (SSSR count). The van der Waals surface area contributed by atoms with Crippen LogP contribution in [-0.2, 0) is 21.0 Å². The van der Waals surface area contributed by atoms with Gasteiger partial charge in [-0.1, -0.05) is 24.3 Å². The van der Waals surface area contributed by atoms with Gasteiger partial charge in [0.2, 0.25) is 0 Å². The van der Waals surface area contributed by atoms with E-state index in [9.17, 15) is 8.42 Å². The Balaban J connectivity index is 1.73. The third kappa shape index (κ3) is 2.99. The average Bonchev–Trinajstić information content (AvgIpc) is 2.34. The Morgan fingerprint density at radius 3 is 2.74 bits per heavy atom. The molecular weight excluding hydrogens is 262 g/mol. The minimum Gasteiger partial charge on any atom is -0.372 e. The largest absolute Gasteiger partial charge is 0.372 e. The van der Waals surface area contributed by atoms with Gasteiger partial charge in [0, 0.05) is 13.1 Å². The summed E-state index contributed by atoms with van der Waals surface area (Å²) in [6.07, 6.45) is 0.585. The van der Waals surface area contributed by atoms with Crippen molar-refractivity contribution in [3.05, 3.63) is 35.4 Å². The molecule has 0 spiro atoms. The monoisotopic (exact) mass is 281 g/mol. The first kappa shape index (κ1) is 13.1. The zero-order chi connectivity index (χ0) is 13.3. The molecule has 1 aromatic carbocycles. The number of ether oxygens (including phenoxy) is 1. The molecule has 19 heavy (non-hydrogen) atoms. The summed E-state index contributed by atoms with van der Waals surface area (Å²) in [6.45, 7) is 2.25. The van der Waals surface area contributed by atoms with Crippen molar-refractivity contribution in [2.75, 3.05) is 31.2 Å². The van der Waals surface area contributed by atoms with Gasteiger partial charge < -0.3 is 10.1 Å². The van der Waals surface area contributed by atoms with E-state index in [2.05, 4.69) is 11.4 Å². The van der Waals surface area contributed by atoms with E-state index in [0.717, 1.165) is 25.1 Å². The van der Waals surface area contributed by atoms with E-state index in [0.29, 0.717) is 6.61 Å². The van der Waals surface area contributed by atoms with Crippen molar-refractivity contribution in [3.8, 4) is 0 Å². The van der Waals surface area contributed by atoms with Gasteiger partial charge in [-0.2, -0.15) is 0 Å². The fourth-order valence-electron chi connectivity index (χ4n) is 2.74. The van der Waals surface area contributed by atoms with Crippen LogP contribution in [0.1, 0.15) is 17.2 Å². The second kappa shape index (κ2) is 5.23. The number of benzene rings is 1. The highest BCUT2D eigenvalue weighted by atomic mass is 32.2. The summed E-state index contributed by atoms with van der Waals surface area (Å²) < 4.78 is 30.1. The summed E-state index contributed by atoms with van der Waals surface area (Å²) in [5.74, 6) is 0.673. The first-order chi connectivity index (χ1) is 9.14. The Kier molecular flexibility index (Phi) is 3.60. The number of fused-ring (bicyclic) bond motifs is 1. The van der Waals surface area contributed by atoms with Gasteiger partial charge in [-0.05, 0) is 23.5 Å². The van der Waals surface area contributed by atoms with E-state index in [4.69, 9.17) is 4.74 Å². The van der Waals surface area contributed by atoms with Crippen molar-refractivity contribution < 1.29 is 13.2 Å². The van der Waals surface area contributed by atoms with Crippen LogP contribution in [0.4, 0.5) is 0 Å². The minimum absolute atomic E-state index is 0.112. The zero-order valence-electron chi connectivity index (χ0n) is 10.8. The van der Waals surface area contributed by atoms with Gasteiger partial charge in [0.05, 0.1) is 24.2 Å². The van der Waals surface area contributed by atoms with Crippen LogP contribution < -0.4 is 5.32 Å². The maximum atomic E-state index is 12.2. The third-order valence-electron chi connectivity index (χ3n) is 3.85. The van der Waals surface area contributed by atoms with Gasteiger partial charge in [0.25, 0.3) is 0 Å². The third-order valence-corrected chi connectivity index (χ3v) is 5.64. The highest BCUT2D eigenvalue weighted by molar-refractivity contribution is 7.91. The number of sulfone groups is 1. The van der Waals surface area contributed by atoms with Crippen LogP contribution in [0.25, 0.3) is 0 Å². The van der Waals surface area contributed by atoms with Crippen molar-refractivity contribution in [1.29, 1.82) is 0 Å². The van der Waals surface area contributed by atoms with Crippen LogP contribution in [0.5, 0.6) is 0 Å². The Morgan fingerprint density at radius 2 is 2.00 bits per heavy atom. The average molecular weight is 281 g/mol. The molecule has 1 atom stereocenters. The van der Waals surface area contributed by atoms with E-state index in [1.165, 1.54) is 5.56 Å². The SMILES string of the molecule is O=S(=O)(CC1CNC1)CC1OCCc2ccccc21. The predicted octanol–water partition coefficient (Wildman–Crippen LogP) is 0.935. The first-order valence-electron chi connectivity index (χ1n) is 6.74. The molecule has 1 unspecified atom stereocenters. The van der Waals surface area contributed by atoms with E-state index in [1.807, 2.05) is 18.2 Å². The molecule has 1 saturated heterocycles. The highest BCUT2D eigenvalue weighted by Crippen LogP contribution is 2.28. The second-order valence-electron chi connectivity index (χ2n) is 5.41. The molecule has 104 valence electrons. The standard InChI is InChI=1S/C14H19NO3S/c16-19(17,9-11-7-15-8-11)10-14-13-4-2-1-3-12(13)5-6-18-14/h1-4,11,14-15H,5-10H2. The molecule has 0 bridgehead atoms. The predicted molar refractivity (Wildman–Crippen MR) is 73.9 cm³/mol. The zero-order valence-corrected chi connectivity index (χ0v) is 11.7. The summed E-state index contributed by atoms with van der Waals surface area (Å²) in [4.78, 5) is 0. The van der Waals surface area contributed by atoms with Crippen molar-refractivity contribution in [1.82, 2.24) is 5.32 Å². The lowest BCUT2D eigenvalue weighted by molar-refractivity contribution is 0.0575. The highest BCUT2D eigenvalue weighted by Gasteiger charge is 2.29. The van der Waals surface area contributed by atoms with Gasteiger partial charge in [-0.15, -0.1) is 0 Å². The molecule has 2 heterocycles. The Labute approximate surface area is 114 Å². The summed E-state index contributed by atoms with van der Waals surface area (Å²) in [6, 6.07) is 7.99. The van der Waals surface area contributed by atoms with Crippen LogP contribution in [0.2, 0.25) is 0 Å². The summed E-state index contributed by atoms with van der Waals surface area (Å²) in [7, 11) is -3.05. The summed E-state index contributed by atoms with van der Waals surface area (Å²) >= 11 is 0. The lowest BCUT2D eigenvalue weighted by Crippen LogP contribution is -2.46. The van der Waals surface area contributed by atoms with E-state index < -0.39 is 9.84 Å². The van der Waals surface area contributed by atoms with E-state index in [-0.39, 0.29) is 23.5 Å². The van der Waals surface area contributed by atoms with Crippen molar-refractivity contribution >= 4 is 9.84 Å². The van der Waals surface area contributed by atoms with Crippen LogP contribution in [0.3, 0.4) is 0 Å². The van der Waals surface area contributed by atoms with Gasteiger partial charge in [0.15, 0.2) is 9.84 Å². The van der Waals surface area contributed by atoms with Gasteiger partial charge in [0.1, 0.15) is 0 Å². The van der Waals surface area contributed by atoms with Crippen LogP contribution in [0, 0.1) is 5.92 Å². The number of hydrogen-bond donors (Lipinski definition) is 1. The molecule has 0 aromatic heterocycles. The maximum absolute atomic E-state index is 12.2. The number of hydrogen-bond acceptors (Lipinski definition) is 4. The second-order valence-corrected chi connectivity index (χ2v) is 7.56. The van der Waals surface area contributed by atoms with Gasteiger partial charge in [-0.25, -0.2) is 8.42 Å². The van der Waals surface area contributed by atoms with Crippen LogP contribution in [0.15, 0.2) is 24.3 Å². The molecule has 2 aliphatic heterocycles. The molecule has 0 radical (unpaired) electrons. The summed E-state index contributed by atoms with van der Waals surface area (Å²) in [5.41, 5.74) is 2.27. The molecular formula is C14H19NO3S. The molecule has 1 fully saturated rings. The fraction of sp³-hybridized carbons (Fsp3) is 0.571. The van der Waals surface area contributed by atoms with Crippen molar-refractivity contribution in [3.63, 3.8) is 0 Å².